The summed E-state index contributed by atoms with van der Waals surface area (Å²) in [6.45, 7) is 3.16. The normalized spacial score (nSPS) is 7.25. The zero-order valence-corrected chi connectivity index (χ0v) is 7.06. The maximum atomic E-state index is 10.1. The Balaban J connectivity index is 0. The number of carbonyl (C=O) groups excluding carboxylic acids is 1. The zero-order chi connectivity index (χ0) is 9.82. The van der Waals surface area contributed by atoms with Gasteiger partial charge in [0.05, 0.1) is 6.61 Å². The SMILES string of the molecule is CCOC(=O)C=[N+]=[N-].NCCN. The lowest BCUT2D eigenvalue weighted by Crippen LogP contribution is -2.11. The number of hydrogen-bond acceptors (Lipinski definition) is 4. The fourth-order valence-corrected chi connectivity index (χ4v) is 0.227. The molecule has 0 aliphatic carbocycles. The van der Waals surface area contributed by atoms with Gasteiger partial charge in [0.15, 0.2) is 0 Å². The van der Waals surface area contributed by atoms with Crippen LogP contribution in [0.15, 0.2) is 0 Å². The van der Waals surface area contributed by atoms with E-state index in [1.165, 1.54) is 0 Å². The Morgan fingerprint density at radius 2 is 2.08 bits per heavy atom. The number of rotatable bonds is 3. The van der Waals surface area contributed by atoms with E-state index < -0.39 is 5.97 Å². The fraction of sp³-hybridized carbons (Fsp3) is 0.667. The maximum Gasteiger partial charge on any atom is 0.413 e. The number of ether oxygens (including phenoxy) is 1. The Morgan fingerprint density at radius 3 is 2.33 bits per heavy atom. The van der Waals surface area contributed by atoms with Crippen molar-refractivity contribution in [2.24, 2.45) is 11.5 Å². The second-order valence-electron chi connectivity index (χ2n) is 1.57. The van der Waals surface area contributed by atoms with Crippen molar-refractivity contribution in [3.63, 3.8) is 0 Å². The van der Waals surface area contributed by atoms with Gasteiger partial charge in [0.2, 0.25) is 0 Å². The van der Waals surface area contributed by atoms with E-state index in [1.54, 1.807) is 6.92 Å². The van der Waals surface area contributed by atoms with Crippen molar-refractivity contribution >= 4 is 12.2 Å². The summed E-state index contributed by atoms with van der Waals surface area (Å²) in [5.74, 6) is -0.630. The Bertz CT molecular complexity index is 152. The van der Waals surface area contributed by atoms with Crippen LogP contribution in [0.2, 0.25) is 0 Å². The first kappa shape index (κ1) is 13.4. The highest BCUT2D eigenvalue weighted by atomic mass is 16.5. The molecular weight excluding hydrogens is 160 g/mol. The van der Waals surface area contributed by atoms with Gasteiger partial charge in [-0.1, -0.05) is 0 Å². The zero-order valence-electron chi connectivity index (χ0n) is 7.06. The third kappa shape index (κ3) is 15.9. The third-order valence-corrected chi connectivity index (χ3v) is 0.616. The molecular formula is C6H14N4O2. The molecule has 0 aliphatic rings. The largest absolute Gasteiger partial charge is 0.458 e. The van der Waals surface area contributed by atoms with Gasteiger partial charge in [-0.25, -0.2) is 4.79 Å². The minimum absolute atomic E-state index is 0.296. The van der Waals surface area contributed by atoms with E-state index in [-0.39, 0.29) is 0 Å². The average Bonchev–Trinajstić information content (AvgIpc) is 2.06. The molecule has 6 heteroatoms. The highest BCUT2D eigenvalue weighted by Crippen LogP contribution is 1.68. The molecule has 0 unspecified atom stereocenters. The fourth-order valence-electron chi connectivity index (χ4n) is 0.227. The maximum absolute atomic E-state index is 10.1. The van der Waals surface area contributed by atoms with Crippen LogP contribution in [0.5, 0.6) is 0 Å². The van der Waals surface area contributed by atoms with Crippen LogP contribution in [0, 0.1) is 0 Å². The molecule has 6 nitrogen and oxygen atoms in total. The van der Waals surface area contributed by atoms with Crippen LogP contribution in [-0.4, -0.2) is 36.7 Å². The van der Waals surface area contributed by atoms with E-state index in [9.17, 15) is 4.79 Å². The number of nitrogens with zero attached hydrogens (tertiary/aromatic N) is 2. The first-order chi connectivity index (χ1) is 5.72. The van der Waals surface area contributed by atoms with E-state index in [0.717, 1.165) is 0 Å². The quantitative estimate of drug-likeness (QED) is 0.241. The van der Waals surface area contributed by atoms with Gasteiger partial charge in [-0.05, 0) is 6.92 Å². The first-order valence-corrected chi connectivity index (χ1v) is 3.47. The molecule has 0 saturated heterocycles. The molecule has 0 fully saturated rings. The summed E-state index contributed by atoms with van der Waals surface area (Å²) in [4.78, 5) is 12.6. The molecule has 0 bridgehead atoms. The summed E-state index contributed by atoms with van der Waals surface area (Å²) in [6, 6.07) is 0. The Labute approximate surface area is 71.1 Å². The topological polar surface area (TPSA) is 115 Å². The summed E-state index contributed by atoms with van der Waals surface area (Å²) >= 11 is 0. The van der Waals surface area contributed by atoms with Gasteiger partial charge < -0.3 is 21.7 Å². The average molecular weight is 174 g/mol. The number of esters is 1. The molecule has 70 valence electrons. The number of nitrogens with two attached hydrogens (primary N) is 2. The number of hydrogen-bond donors (Lipinski definition) is 2. The van der Waals surface area contributed by atoms with Gasteiger partial charge in [-0.3, -0.25) is 0 Å². The lowest BCUT2D eigenvalue weighted by molar-refractivity contribution is -0.138. The van der Waals surface area contributed by atoms with Crippen molar-refractivity contribution in [2.75, 3.05) is 19.7 Å². The van der Waals surface area contributed by atoms with Crippen LogP contribution in [-0.2, 0) is 9.53 Å². The summed E-state index contributed by atoms with van der Waals surface area (Å²) in [6.07, 6.45) is 0.698. The van der Waals surface area contributed by atoms with E-state index >= 15 is 0 Å². The Kier molecular flexibility index (Phi) is 13.9. The molecule has 0 atom stereocenters. The molecule has 12 heavy (non-hydrogen) atoms. The summed E-state index contributed by atoms with van der Waals surface area (Å²) in [5.41, 5.74) is 17.5. The Hall–Kier alpha value is -1.23. The lowest BCUT2D eigenvalue weighted by Gasteiger charge is -1.86. The molecule has 0 aromatic heterocycles. The van der Waals surface area contributed by atoms with Crippen molar-refractivity contribution in [1.29, 1.82) is 0 Å². The van der Waals surface area contributed by atoms with Crippen molar-refractivity contribution in [3.05, 3.63) is 5.53 Å². The minimum atomic E-state index is -0.630. The second kappa shape index (κ2) is 12.4. The molecule has 4 N–H and O–H groups in total. The predicted octanol–water partition coefficient (Wildman–Crippen LogP) is -1.25. The van der Waals surface area contributed by atoms with Gasteiger partial charge in [-0.2, -0.15) is 4.79 Å². The van der Waals surface area contributed by atoms with Gasteiger partial charge in [0, 0.05) is 13.1 Å². The van der Waals surface area contributed by atoms with Crippen LogP contribution in [0.25, 0.3) is 5.53 Å². The molecule has 0 rings (SSSR count). The van der Waals surface area contributed by atoms with E-state index in [1.807, 2.05) is 0 Å². The highest BCUT2D eigenvalue weighted by Gasteiger charge is 1.97. The van der Waals surface area contributed by atoms with Crippen LogP contribution in [0.3, 0.4) is 0 Å². The van der Waals surface area contributed by atoms with Gasteiger partial charge >= 0.3 is 12.2 Å². The van der Waals surface area contributed by atoms with E-state index in [0.29, 0.717) is 25.9 Å². The third-order valence-electron chi connectivity index (χ3n) is 0.616. The number of carbonyl (C=O) groups is 1. The molecule has 0 amide bonds. The molecule has 0 aromatic carbocycles. The summed E-state index contributed by atoms with van der Waals surface area (Å²) < 4.78 is 4.33. The molecule has 0 aromatic rings. The highest BCUT2D eigenvalue weighted by molar-refractivity contribution is 6.20. The first-order valence-electron chi connectivity index (χ1n) is 3.47. The van der Waals surface area contributed by atoms with Gasteiger partial charge in [-0.15, -0.1) is 0 Å². The van der Waals surface area contributed by atoms with Crippen LogP contribution < -0.4 is 11.5 Å². The van der Waals surface area contributed by atoms with Gasteiger partial charge in [0.25, 0.3) is 0 Å². The Morgan fingerprint density at radius 1 is 1.58 bits per heavy atom. The van der Waals surface area contributed by atoms with Crippen molar-refractivity contribution in [1.82, 2.24) is 0 Å². The second-order valence-corrected chi connectivity index (χ2v) is 1.57. The minimum Gasteiger partial charge on any atom is -0.458 e. The molecule has 0 aliphatic heterocycles. The smallest absolute Gasteiger partial charge is 0.413 e. The van der Waals surface area contributed by atoms with Crippen LogP contribution in [0.4, 0.5) is 0 Å². The molecule has 0 saturated carbocycles. The van der Waals surface area contributed by atoms with Crippen LogP contribution in [0.1, 0.15) is 6.92 Å². The van der Waals surface area contributed by atoms with Crippen molar-refractivity contribution in [3.8, 4) is 0 Å². The molecule has 0 spiro atoms. The summed E-state index contributed by atoms with van der Waals surface area (Å²) in [7, 11) is 0. The van der Waals surface area contributed by atoms with E-state index in [4.69, 9.17) is 17.0 Å². The molecule has 0 heterocycles. The monoisotopic (exact) mass is 174 g/mol. The standard InChI is InChI=1S/C4H6N2O2.C2H8N2/c1-2-8-4(7)3-6-5;3-1-2-4/h3H,2H2,1H3;1-4H2. The van der Waals surface area contributed by atoms with Gasteiger partial charge in [0.1, 0.15) is 0 Å². The van der Waals surface area contributed by atoms with Crippen molar-refractivity contribution in [2.45, 2.75) is 6.92 Å². The summed E-state index contributed by atoms with van der Waals surface area (Å²) in [5, 5.41) is 0. The lowest BCUT2D eigenvalue weighted by atomic mass is 10.7. The predicted molar refractivity (Wildman–Crippen MR) is 44.4 cm³/mol. The molecule has 0 radical (unpaired) electrons. The van der Waals surface area contributed by atoms with E-state index in [2.05, 4.69) is 9.53 Å². The van der Waals surface area contributed by atoms with Crippen molar-refractivity contribution < 1.29 is 14.3 Å². The van der Waals surface area contributed by atoms with Crippen LogP contribution >= 0.6 is 0 Å².